The number of aromatic nitrogens is 1. The van der Waals surface area contributed by atoms with Gasteiger partial charge in [0.05, 0.1) is 21.8 Å². The Balaban J connectivity index is 2.33. The van der Waals surface area contributed by atoms with Crippen LogP contribution in [0.15, 0.2) is 34.9 Å². The van der Waals surface area contributed by atoms with Crippen molar-refractivity contribution < 1.29 is 14.7 Å². The number of halogens is 3. The van der Waals surface area contributed by atoms with Gasteiger partial charge in [-0.2, -0.15) is 0 Å². The number of carbonyl (C=O) groups excluding carboxylic acids is 1. The minimum atomic E-state index is -1.15. The van der Waals surface area contributed by atoms with E-state index in [9.17, 15) is 9.59 Å². The predicted molar refractivity (Wildman–Crippen MR) is 83.3 cm³/mol. The van der Waals surface area contributed by atoms with Gasteiger partial charge in [-0.15, -0.1) is 0 Å². The second kappa shape index (κ2) is 6.43. The van der Waals surface area contributed by atoms with Crippen molar-refractivity contribution in [1.29, 1.82) is 0 Å². The standard InChI is InChI=1S/C13H7BrCl2N2O3/c14-7-1-2-8(13(20)21)10(4-7)18-12(19)6-3-9(15)11(16)17-5-6/h1-5H,(H,18,19)(H,20,21). The first-order valence-electron chi connectivity index (χ1n) is 5.53. The number of carboxylic acids is 1. The van der Waals surface area contributed by atoms with Crippen LogP contribution in [0.2, 0.25) is 10.2 Å². The number of anilines is 1. The Morgan fingerprint density at radius 2 is 1.95 bits per heavy atom. The number of hydrogen-bond donors (Lipinski definition) is 2. The lowest BCUT2D eigenvalue weighted by Gasteiger charge is -2.09. The molecule has 1 aromatic heterocycles. The fourth-order valence-corrected chi connectivity index (χ4v) is 2.18. The van der Waals surface area contributed by atoms with Gasteiger partial charge in [0.15, 0.2) is 0 Å². The summed E-state index contributed by atoms with van der Waals surface area (Å²) in [4.78, 5) is 27.0. The molecule has 0 spiro atoms. The van der Waals surface area contributed by atoms with E-state index < -0.39 is 11.9 Å². The molecule has 0 fully saturated rings. The van der Waals surface area contributed by atoms with Gasteiger partial charge in [0, 0.05) is 10.7 Å². The molecule has 21 heavy (non-hydrogen) atoms. The zero-order chi connectivity index (χ0) is 15.6. The van der Waals surface area contributed by atoms with Crippen LogP contribution in [0, 0.1) is 0 Å². The number of hydrogen-bond acceptors (Lipinski definition) is 3. The highest BCUT2D eigenvalue weighted by Gasteiger charge is 2.15. The molecule has 8 heteroatoms. The quantitative estimate of drug-likeness (QED) is 0.774. The van der Waals surface area contributed by atoms with E-state index in [1.54, 1.807) is 6.07 Å². The maximum absolute atomic E-state index is 12.1. The first kappa shape index (κ1) is 15.8. The van der Waals surface area contributed by atoms with Crippen LogP contribution < -0.4 is 5.32 Å². The van der Waals surface area contributed by atoms with Crippen molar-refractivity contribution in [2.45, 2.75) is 0 Å². The molecular formula is C13H7BrCl2N2O3. The van der Waals surface area contributed by atoms with Crippen LogP contribution in [-0.2, 0) is 0 Å². The second-order valence-corrected chi connectivity index (χ2v) is 5.63. The number of rotatable bonds is 3. The smallest absolute Gasteiger partial charge is 0.337 e. The van der Waals surface area contributed by atoms with E-state index in [1.165, 1.54) is 24.4 Å². The van der Waals surface area contributed by atoms with Crippen molar-refractivity contribution in [2.24, 2.45) is 0 Å². The van der Waals surface area contributed by atoms with Gasteiger partial charge in [0.1, 0.15) is 5.15 Å². The van der Waals surface area contributed by atoms with E-state index in [0.717, 1.165) is 0 Å². The fraction of sp³-hybridized carbons (Fsp3) is 0. The van der Waals surface area contributed by atoms with Crippen molar-refractivity contribution in [3.8, 4) is 0 Å². The summed E-state index contributed by atoms with van der Waals surface area (Å²) < 4.78 is 0.634. The summed E-state index contributed by atoms with van der Waals surface area (Å²) in [5.41, 5.74) is 0.299. The Bertz CT molecular complexity index is 737. The van der Waals surface area contributed by atoms with E-state index in [2.05, 4.69) is 26.2 Å². The van der Waals surface area contributed by atoms with E-state index in [-0.39, 0.29) is 27.0 Å². The van der Waals surface area contributed by atoms with Crippen LogP contribution in [0.4, 0.5) is 5.69 Å². The molecule has 0 saturated heterocycles. The molecule has 0 aliphatic rings. The number of benzene rings is 1. The third-order valence-corrected chi connectivity index (χ3v) is 3.70. The molecule has 1 heterocycles. The van der Waals surface area contributed by atoms with Crippen molar-refractivity contribution in [3.05, 3.63) is 56.2 Å². The molecule has 108 valence electrons. The SMILES string of the molecule is O=C(Nc1cc(Br)ccc1C(=O)O)c1cnc(Cl)c(Cl)c1. The summed E-state index contributed by atoms with van der Waals surface area (Å²) in [6.45, 7) is 0. The average molecular weight is 390 g/mol. The summed E-state index contributed by atoms with van der Waals surface area (Å²) in [7, 11) is 0. The van der Waals surface area contributed by atoms with Gasteiger partial charge in [-0.05, 0) is 24.3 Å². The van der Waals surface area contributed by atoms with Crippen molar-refractivity contribution >= 4 is 56.7 Å². The largest absolute Gasteiger partial charge is 0.478 e. The van der Waals surface area contributed by atoms with Gasteiger partial charge < -0.3 is 10.4 Å². The zero-order valence-corrected chi connectivity index (χ0v) is 13.3. The molecule has 0 aliphatic carbocycles. The molecule has 0 saturated carbocycles. The highest BCUT2D eigenvalue weighted by atomic mass is 79.9. The molecule has 2 rings (SSSR count). The number of nitrogens with one attached hydrogen (secondary N) is 1. The van der Waals surface area contributed by atoms with Gasteiger partial charge >= 0.3 is 5.97 Å². The zero-order valence-electron chi connectivity index (χ0n) is 10.2. The van der Waals surface area contributed by atoms with Crippen LogP contribution in [0.1, 0.15) is 20.7 Å². The Hall–Kier alpha value is -1.63. The number of nitrogens with zero attached hydrogens (tertiary/aromatic N) is 1. The lowest BCUT2D eigenvalue weighted by Crippen LogP contribution is -2.15. The molecule has 5 nitrogen and oxygen atoms in total. The Kier molecular flexibility index (Phi) is 4.82. The van der Waals surface area contributed by atoms with Gasteiger partial charge in [0.25, 0.3) is 5.91 Å². The van der Waals surface area contributed by atoms with Gasteiger partial charge in [-0.25, -0.2) is 9.78 Å². The van der Waals surface area contributed by atoms with E-state index in [1.807, 2.05) is 0 Å². The minimum Gasteiger partial charge on any atom is -0.478 e. The highest BCUT2D eigenvalue weighted by Crippen LogP contribution is 2.24. The molecule has 2 aromatic rings. The molecule has 0 radical (unpaired) electrons. The number of pyridine rings is 1. The van der Waals surface area contributed by atoms with E-state index >= 15 is 0 Å². The average Bonchev–Trinajstić information content (AvgIpc) is 2.41. The molecule has 0 aliphatic heterocycles. The number of carboxylic acid groups (broad SMARTS) is 1. The van der Waals surface area contributed by atoms with E-state index in [0.29, 0.717) is 4.47 Å². The second-order valence-electron chi connectivity index (χ2n) is 3.95. The molecular weight excluding hydrogens is 383 g/mol. The maximum Gasteiger partial charge on any atom is 0.337 e. The van der Waals surface area contributed by atoms with Crippen LogP contribution in [0.5, 0.6) is 0 Å². The number of amides is 1. The van der Waals surface area contributed by atoms with Gasteiger partial charge in [0.2, 0.25) is 0 Å². The number of carbonyl (C=O) groups is 2. The van der Waals surface area contributed by atoms with Crippen molar-refractivity contribution in [1.82, 2.24) is 4.98 Å². The predicted octanol–water partition coefficient (Wildman–Crippen LogP) is 4.10. The minimum absolute atomic E-state index is 0.0282. The molecule has 0 bridgehead atoms. The first-order valence-corrected chi connectivity index (χ1v) is 7.08. The van der Waals surface area contributed by atoms with Crippen LogP contribution in [-0.4, -0.2) is 22.0 Å². The molecule has 2 N–H and O–H groups in total. The van der Waals surface area contributed by atoms with Gasteiger partial charge in [-0.1, -0.05) is 39.1 Å². The Labute approximate surface area is 138 Å². The normalized spacial score (nSPS) is 10.2. The third kappa shape index (κ3) is 3.72. The first-order chi connectivity index (χ1) is 9.88. The Morgan fingerprint density at radius 3 is 2.57 bits per heavy atom. The molecule has 0 atom stereocenters. The molecule has 0 unspecified atom stereocenters. The summed E-state index contributed by atoms with van der Waals surface area (Å²) in [6, 6.07) is 5.80. The summed E-state index contributed by atoms with van der Waals surface area (Å²) in [5.74, 6) is -1.69. The van der Waals surface area contributed by atoms with E-state index in [4.69, 9.17) is 28.3 Å². The number of aromatic carboxylic acids is 1. The Morgan fingerprint density at radius 1 is 1.24 bits per heavy atom. The summed E-state index contributed by atoms with van der Waals surface area (Å²) in [5, 5.41) is 11.8. The molecule has 1 aromatic carbocycles. The molecule has 1 amide bonds. The highest BCUT2D eigenvalue weighted by molar-refractivity contribution is 9.10. The summed E-state index contributed by atoms with van der Waals surface area (Å²) >= 11 is 14.7. The topological polar surface area (TPSA) is 79.3 Å². The maximum atomic E-state index is 12.1. The van der Waals surface area contributed by atoms with Crippen LogP contribution >= 0.6 is 39.1 Å². The lowest BCUT2D eigenvalue weighted by atomic mass is 10.1. The van der Waals surface area contributed by atoms with Crippen LogP contribution in [0.25, 0.3) is 0 Å². The van der Waals surface area contributed by atoms with Crippen molar-refractivity contribution in [3.63, 3.8) is 0 Å². The van der Waals surface area contributed by atoms with Gasteiger partial charge in [-0.3, -0.25) is 4.79 Å². The fourth-order valence-electron chi connectivity index (χ4n) is 1.55. The third-order valence-electron chi connectivity index (χ3n) is 2.52. The summed E-state index contributed by atoms with van der Waals surface area (Å²) in [6.07, 6.45) is 1.25. The lowest BCUT2D eigenvalue weighted by molar-refractivity contribution is 0.0698. The monoisotopic (exact) mass is 388 g/mol. The van der Waals surface area contributed by atoms with Crippen LogP contribution in [0.3, 0.4) is 0 Å². The van der Waals surface area contributed by atoms with Crippen molar-refractivity contribution in [2.75, 3.05) is 5.32 Å².